The Bertz CT molecular complexity index is 2750. The summed E-state index contributed by atoms with van der Waals surface area (Å²) in [5.41, 5.74) is 14.9. The Balaban J connectivity index is 1.40. The van der Waals surface area contributed by atoms with Gasteiger partial charge in [-0.05, 0) is 109 Å². The van der Waals surface area contributed by atoms with Gasteiger partial charge in [0.15, 0.2) is 0 Å². The summed E-state index contributed by atoms with van der Waals surface area (Å²) in [6.45, 7) is 2.19. The fourth-order valence-electron chi connectivity index (χ4n) is 7.00. The largest absolute Gasteiger partial charge is 0.354 e. The minimum Gasteiger partial charge on any atom is -0.354 e. The number of benzene rings is 1. The monoisotopic (exact) mass is 697 g/mol. The van der Waals surface area contributed by atoms with Crippen molar-refractivity contribution in [1.29, 1.82) is 0 Å². The van der Waals surface area contributed by atoms with Crippen molar-refractivity contribution in [2.24, 2.45) is 0 Å². The molecule has 7 heteroatoms. The molecule has 9 rings (SSSR count). The van der Waals surface area contributed by atoms with Crippen LogP contribution in [0.2, 0.25) is 0 Å². The molecule has 8 heterocycles. The van der Waals surface area contributed by atoms with Gasteiger partial charge in [-0.1, -0.05) is 55.5 Å². The Hall–Kier alpha value is -7.17. The third kappa shape index (κ3) is 6.31. The maximum atomic E-state index is 5.35. The molecule has 6 aromatic heterocycles. The lowest BCUT2D eigenvalue weighted by Crippen LogP contribution is -1.91. The quantitative estimate of drug-likeness (QED) is 0.133. The number of unbranched alkanes of at least 4 members (excludes halogenated alkanes) is 2. The number of fused-ring (bicyclic) bond motifs is 8. The molecule has 258 valence electrons. The first-order chi connectivity index (χ1) is 26.7. The first-order valence-corrected chi connectivity index (χ1v) is 18.2. The second-order valence-corrected chi connectivity index (χ2v) is 13.1. The average molecular weight is 698 g/mol. The second-order valence-electron chi connectivity index (χ2n) is 13.1. The van der Waals surface area contributed by atoms with Gasteiger partial charge in [-0.2, -0.15) is 0 Å². The molecule has 7 aromatic rings. The molecule has 0 fully saturated rings. The number of H-pyrrole nitrogens is 2. The van der Waals surface area contributed by atoms with Gasteiger partial charge in [-0.3, -0.25) is 15.0 Å². The van der Waals surface area contributed by atoms with Crippen LogP contribution in [0.3, 0.4) is 0 Å². The summed E-state index contributed by atoms with van der Waals surface area (Å²) in [4.78, 5) is 32.5. The highest BCUT2D eigenvalue weighted by Crippen LogP contribution is 2.37. The lowest BCUT2D eigenvalue weighted by atomic mass is 10.0. The summed E-state index contributed by atoms with van der Waals surface area (Å²) in [5.74, 6) is 6.65. The number of rotatable bonds is 6. The van der Waals surface area contributed by atoms with Crippen molar-refractivity contribution in [2.75, 3.05) is 0 Å². The van der Waals surface area contributed by atoms with E-state index in [-0.39, 0.29) is 0 Å². The van der Waals surface area contributed by atoms with Crippen molar-refractivity contribution < 1.29 is 0 Å². The summed E-state index contributed by atoms with van der Waals surface area (Å²) in [6, 6.07) is 34.7. The maximum absolute atomic E-state index is 5.35. The van der Waals surface area contributed by atoms with Crippen molar-refractivity contribution in [3.8, 4) is 56.7 Å². The summed E-state index contributed by atoms with van der Waals surface area (Å²) in [7, 11) is 0. The summed E-state index contributed by atoms with van der Waals surface area (Å²) >= 11 is 0. The molecule has 8 bridgehead atoms. The van der Waals surface area contributed by atoms with Gasteiger partial charge in [0, 0.05) is 58.3 Å². The maximum Gasteiger partial charge on any atom is 0.0753 e. The number of pyridine rings is 3. The van der Waals surface area contributed by atoms with E-state index >= 15 is 0 Å². The molecule has 0 saturated carbocycles. The van der Waals surface area contributed by atoms with E-state index < -0.39 is 0 Å². The smallest absolute Gasteiger partial charge is 0.0753 e. The third-order valence-electron chi connectivity index (χ3n) is 9.58. The molecule has 2 aliphatic rings. The molecular weight excluding hydrogens is 663 g/mol. The van der Waals surface area contributed by atoms with Crippen LogP contribution in [0.25, 0.3) is 91.3 Å². The van der Waals surface area contributed by atoms with Crippen LogP contribution in [-0.4, -0.2) is 34.9 Å². The SMILES string of the molecule is CCCCC#Cc1ccc(-c2c3nc(c(-c4ccccn4)c4ccc([nH]4)c(-c4ccccn4)c4nc(c(-c5ccccn5)c5ccc2[nH]5)C=C4)C=C3)cc1. The van der Waals surface area contributed by atoms with Gasteiger partial charge in [0.1, 0.15) is 0 Å². The zero-order valence-electron chi connectivity index (χ0n) is 29.7. The van der Waals surface area contributed by atoms with Crippen molar-refractivity contribution in [1.82, 2.24) is 34.9 Å². The van der Waals surface area contributed by atoms with E-state index in [1.807, 2.05) is 73.2 Å². The van der Waals surface area contributed by atoms with Crippen molar-refractivity contribution >= 4 is 46.4 Å². The number of nitrogens with zero attached hydrogens (tertiary/aromatic N) is 5. The van der Waals surface area contributed by atoms with Crippen LogP contribution >= 0.6 is 0 Å². The van der Waals surface area contributed by atoms with Crippen molar-refractivity contribution in [3.63, 3.8) is 0 Å². The van der Waals surface area contributed by atoms with Crippen molar-refractivity contribution in [2.45, 2.75) is 26.2 Å². The standard InChI is InChI=1S/C47H35N7/c1-2-3-4-5-12-31-16-18-32(19-17-31)44-36-20-22-38(51-36)45(33-13-6-9-28-48-33)40-24-26-42(53-40)47(35-15-8-11-30-50-35)43-27-25-41(54-43)46(34-14-7-10-29-49-34)39-23-21-37(44)52-39/h6-11,13-30,51,54H,2-4H2,1H3. The van der Waals surface area contributed by atoms with Crippen LogP contribution in [0, 0.1) is 11.8 Å². The van der Waals surface area contributed by atoms with Gasteiger partial charge < -0.3 is 9.97 Å². The van der Waals surface area contributed by atoms with E-state index in [1.54, 1.807) is 0 Å². The van der Waals surface area contributed by atoms with Crippen LogP contribution in [0.15, 0.2) is 122 Å². The molecule has 0 spiro atoms. The summed E-state index contributed by atoms with van der Waals surface area (Å²) < 4.78 is 0. The molecule has 0 saturated heterocycles. The molecule has 2 aliphatic heterocycles. The molecule has 2 N–H and O–H groups in total. The van der Waals surface area contributed by atoms with Gasteiger partial charge in [0.25, 0.3) is 0 Å². The van der Waals surface area contributed by atoms with E-state index in [4.69, 9.17) is 24.9 Å². The molecule has 54 heavy (non-hydrogen) atoms. The predicted molar refractivity (Wildman–Crippen MR) is 220 cm³/mol. The van der Waals surface area contributed by atoms with Crippen LogP contribution in [0.1, 0.15) is 54.5 Å². The van der Waals surface area contributed by atoms with Gasteiger partial charge >= 0.3 is 0 Å². The van der Waals surface area contributed by atoms with E-state index in [1.165, 1.54) is 0 Å². The number of nitrogens with one attached hydrogen (secondary N) is 2. The Labute approximate surface area is 313 Å². The Morgan fingerprint density at radius 1 is 0.481 bits per heavy atom. The molecule has 0 amide bonds. The number of aromatic amines is 2. The minimum atomic E-state index is 0.794. The molecule has 0 unspecified atom stereocenters. The van der Waals surface area contributed by atoms with E-state index in [9.17, 15) is 0 Å². The topological polar surface area (TPSA) is 96.0 Å². The average Bonchev–Trinajstić information content (AvgIpc) is 4.06. The highest BCUT2D eigenvalue weighted by Gasteiger charge is 2.19. The second kappa shape index (κ2) is 14.5. The van der Waals surface area contributed by atoms with Crippen LogP contribution in [0.4, 0.5) is 0 Å². The lowest BCUT2D eigenvalue weighted by Gasteiger charge is -2.06. The molecule has 1 aromatic carbocycles. The normalized spacial score (nSPS) is 11.7. The van der Waals surface area contributed by atoms with E-state index in [2.05, 4.69) is 102 Å². The summed E-state index contributed by atoms with van der Waals surface area (Å²) in [6.07, 6.45) is 16.9. The van der Waals surface area contributed by atoms with Gasteiger partial charge in [-0.25, -0.2) is 9.97 Å². The molecule has 7 nitrogen and oxygen atoms in total. The zero-order valence-corrected chi connectivity index (χ0v) is 29.7. The Kier molecular flexibility index (Phi) is 8.76. The number of aromatic nitrogens is 7. The number of hydrogen-bond donors (Lipinski definition) is 2. The fourth-order valence-corrected chi connectivity index (χ4v) is 7.00. The fraction of sp³-hybridized carbons (Fsp3) is 0.0851. The predicted octanol–water partition coefficient (Wildman–Crippen LogP) is 11.1. The van der Waals surface area contributed by atoms with Gasteiger partial charge in [0.05, 0.1) is 56.4 Å². The van der Waals surface area contributed by atoms with E-state index in [0.29, 0.717) is 0 Å². The zero-order chi connectivity index (χ0) is 36.3. The summed E-state index contributed by atoms with van der Waals surface area (Å²) in [5, 5.41) is 0. The highest BCUT2D eigenvalue weighted by atomic mass is 14.8. The van der Waals surface area contributed by atoms with Crippen LogP contribution in [-0.2, 0) is 0 Å². The molecule has 0 radical (unpaired) electrons. The van der Waals surface area contributed by atoms with Crippen molar-refractivity contribution in [3.05, 3.63) is 150 Å². The molecular formula is C47H35N7. The van der Waals surface area contributed by atoms with Crippen LogP contribution < -0.4 is 0 Å². The third-order valence-corrected chi connectivity index (χ3v) is 9.58. The Morgan fingerprint density at radius 3 is 1.31 bits per heavy atom. The van der Waals surface area contributed by atoms with E-state index in [0.717, 1.165) is 115 Å². The lowest BCUT2D eigenvalue weighted by molar-refractivity contribution is 0.828. The minimum absolute atomic E-state index is 0.794. The molecule has 0 atom stereocenters. The Morgan fingerprint density at radius 2 is 0.907 bits per heavy atom. The van der Waals surface area contributed by atoms with Crippen LogP contribution in [0.5, 0.6) is 0 Å². The highest BCUT2D eigenvalue weighted by molar-refractivity contribution is 5.98. The van der Waals surface area contributed by atoms with Gasteiger partial charge in [0.2, 0.25) is 0 Å². The van der Waals surface area contributed by atoms with Gasteiger partial charge in [-0.15, -0.1) is 0 Å². The number of hydrogen-bond acceptors (Lipinski definition) is 5. The first kappa shape index (κ1) is 32.7. The first-order valence-electron chi connectivity index (χ1n) is 18.2. The molecule has 0 aliphatic carbocycles.